The normalized spacial score (nSPS) is 10.4. The third-order valence-corrected chi connectivity index (χ3v) is 2.40. The highest BCUT2D eigenvalue weighted by Gasteiger charge is 2.05. The molecule has 3 heteroatoms. The van der Waals surface area contributed by atoms with Crippen molar-refractivity contribution in [1.82, 2.24) is 9.97 Å². The molecule has 3 nitrogen and oxygen atoms in total. The minimum absolute atomic E-state index is 0.839. The van der Waals surface area contributed by atoms with Crippen molar-refractivity contribution in [1.29, 1.82) is 0 Å². The van der Waals surface area contributed by atoms with Crippen LogP contribution < -0.4 is 5.73 Å². The van der Waals surface area contributed by atoms with Crippen LogP contribution in [0.3, 0.4) is 0 Å². The molecule has 0 atom stereocenters. The van der Waals surface area contributed by atoms with Gasteiger partial charge in [0.15, 0.2) is 0 Å². The van der Waals surface area contributed by atoms with Gasteiger partial charge in [0.1, 0.15) is 0 Å². The smallest absolute Gasteiger partial charge is 0.0924 e. The highest BCUT2D eigenvalue weighted by molar-refractivity contribution is 5.68. The molecule has 72 valence electrons. The van der Waals surface area contributed by atoms with E-state index < -0.39 is 0 Å². The number of aromatic nitrogens is 2. The van der Waals surface area contributed by atoms with Crippen LogP contribution in [0.15, 0.2) is 24.7 Å². The maximum Gasteiger partial charge on any atom is 0.0924 e. The molecule has 0 unspecified atom stereocenters. The summed E-state index contributed by atoms with van der Waals surface area (Å²) in [7, 11) is 0. The van der Waals surface area contributed by atoms with Crippen molar-refractivity contribution in [2.45, 2.75) is 13.8 Å². The van der Waals surface area contributed by atoms with Gasteiger partial charge in [-0.1, -0.05) is 0 Å². The fourth-order valence-electron chi connectivity index (χ4n) is 1.53. The van der Waals surface area contributed by atoms with E-state index in [-0.39, 0.29) is 0 Å². The topological polar surface area (TPSA) is 54.7 Å². The first-order chi connectivity index (χ1) is 6.68. The van der Waals surface area contributed by atoms with Gasteiger partial charge in [0.2, 0.25) is 0 Å². The average Bonchev–Trinajstić information content (AvgIpc) is 2.64. The van der Waals surface area contributed by atoms with Gasteiger partial charge in [0, 0.05) is 11.3 Å². The Kier molecular flexibility index (Phi) is 2.00. The number of aromatic amines is 1. The molecule has 0 aliphatic rings. The molecule has 2 rings (SSSR count). The molecule has 1 aromatic heterocycles. The van der Waals surface area contributed by atoms with Gasteiger partial charge in [-0.15, -0.1) is 0 Å². The van der Waals surface area contributed by atoms with Gasteiger partial charge in [0.05, 0.1) is 18.2 Å². The monoisotopic (exact) mass is 187 g/mol. The number of hydrogen-bond acceptors (Lipinski definition) is 2. The standard InChI is InChI=1S/C11H13N3/c1-7-4-10(12)8(2)3-9(7)11-5-13-6-14-11/h3-6H,12H2,1-2H3,(H,13,14). The first-order valence-electron chi connectivity index (χ1n) is 4.54. The Balaban J connectivity index is 2.60. The number of H-pyrrole nitrogens is 1. The van der Waals surface area contributed by atoms with Crippen molar-refractivity contribution in [2.75, 3.05) is 5.73 Å². The van der Waals surface area contributed by atoms with Crippen molar-refractivity contribution >= 4 is 5.69 Å². The predicted octanol–water partition coefficient (Wildman–Crippen LogP) is 2.28. The molecule has 0 aliphatic carbocycles. The molecule has 3 N–H and O–H groups in total. The molecule has 2 aromatic rings. The van der Waals surface area contributed by atoms with Gasteiger partial charge >= 0.3 is 0 Å². The van der Waals surface area contributed by atoms with Gasteiger partial charge in [-0.25, -0.2) is 4.98 Å². The SMILES string of the molecule is Cc1cc(-c2cnc[nH]2)c(C)cc1N. The van der Waals surface area contributed by atoms with Gasteiger partial charge < -0.3 is 10.7 Å². The van der Waals surface area contributed by atoms with E-state index in [1.807, 2.05) is 26.1 Å². The summed E-state index contributed by atoms with van der Waals surface area (Å²) in [5.41, 5.74) is 11.1. The molecular formula is C11H13N3. The number of aryl methyl sites for hydroxylation is 2. The molecule has 1 aromatic carbocycles. The molecule has 14 heavy (non-hydrogen) atoms. The highest BCUT2D eigenvalue weighted by Crippen LogP contribution is 2.25. The van der Waals surface area contributed by atoms with E-state index in [9.17, 15) is 0 Å². The molecule has 0 radical (unpaired) electrons. The van der Waals surface area contributed by atoms with E-state index in [0.29, 0.717) is 0 Å². The van der Waals surface area contributed by atoms with Crippen LogP contribution in [-0.4, -0.2) is 9.97 Å². The molecular weight excluding hydrogens is 174 g/mol. The summed E-state index contributed by atoms with van der Waals surface area (Å²) in [6.45, 7) is 4.06. The van der Waals surface area contributed by atoms with Crippen LogP contribution >= 0.6 is 0 Å². The first kappa shape index (κ1) is 8.81. The van der Waals surface area contributed by atoms with Crippen LogP contribution in [0.1, 0.15) is 11.1 Å². The van der Waals surface area contributed by atoms with Crippen LogP contribution in [0.5, 0.6) is 0 Å². The molecule has 0 fully saturated rings. The number of anilines is 1. The van der Waals surface area contributed by atoms with Crippen LogP contribution in [-0.2, 0) is 0 Å². The number of nitrogens with two attached hydrogens (primary N) is 1. The summed E-state index contributed by atoms with van der Waals surface area (Å²) in [4.78, 5) is 7.09. The quantitative estimate of drug-likeness (QED) is 0.673. The third-order valence-electron chi connectivity index (χ3n) is 2.40. The lowest BCUT2D eigenvalue weighted by Gasteiger charge is -2.07. The molecule has 0 aliphatic heterocycles. The second-order valence-electron chi connectivity index (χ2n) is 3.49. The molecule has 0 bridgehead atoms. The zero-order valence-corrected chi connectivity index (χ0v) is 8.33. The Morgan fingerprint density at radius 3 is 2.64 bits per heavy atom. The van der Waals surface area contributed by atoms with Crippen molar-refractivity contribution in [3.8, 4) is 11.3 Å². The molecule has 0 saturated carbocycles. The Hall–Kier alpha value is -1.77. The molecule has 1 heterocycles. The van der Waals surface area contributed by atoms with Gasteiger partial charge in [-0.3, -0.25) is 0 Å². The summed E-state index contributed by atoms with van der Waals surface area (Å²) in [6, 6.07) is 4.07. The minimum Gasteiger partial charge on any atom is -0.399 e. The summed E-state index contributed by atoms with van der Waals surface area (Å²) < 4.78 is 0. The van der Waals surface area contributed by atoms with Crippen molar-refractivity contribution < 1.29 is 0 Å². The van der Waals surface area contributed by atoms with Crippen LogP contribution in [0.2, 0.25) is 0 Å². The Bertz CT molecular complexity index is 444. The highest BCUT2D eigenvalue weighted by atomic mass is 14.9. The van der Waals surface area contributed by atoms with Gasteiger partial charge in [-0.2, -0.15) is 0 Å². The molecule has 0 spiro atoms. The van der Waals surface area contributed by atoms with Crippen molar-refractivity contribution in [2.24, 2.45) is 0 Å². The van der Waals surface area contributed by atoms with Crippen LogP contribution in [0.25, 0.3) is 11.3 Å². The number of hydrogen-bond donors (Lipinski definition) is 2. The third kappa shape index (κ3) is 1.37. The van der Waals surface area contributed by atoms with E-state index in [4.69, 9.17) is 5.73 Å². The lowest BCUT2D eigenvalue weighted by Crippen LogP contribution is -1.93. The zero-order valence-electron chi connectivity index (χ0n) is 8.33. The molecule has 0 amide bonds. The zero-order chi connectivity index (χ0) is 10.1. The average molecular weight is 187 g/mol. The van der Waals surface area contributed by atoms with Gasteiger partial charge in [0.25, 0.3) is 0 Å². The summed E-state index contributed by atoms with van der Waals surface area (Å²) in [5.74, 6) is 0. The van der Waals surface area contributed by atoms with Crippen LogP contribution in [0, 0.1) is 13.8 Å². The molecule has 0 saturated heterocycles. The Morgan fingerprint density at radius 2 is 2.00 bits per heavy atom. The fourth-order valence-corrected chi connectivity index (χ4v) is 1.53. The number of nitrogens with one attached hydrogen (secondary N) is 1. The fraction of sp³-hybridized carbons (Fsp3) is 0.182. The number of nitrogens with zero attached hydrogens (tertiary/aromatic N) is 1. The Morgan fingerprint density at radius 1 is 1.21 bits per heavy atom. The number of rotatable bonds is 1. The number of benzene rings is 1. The predicted molar refractivity (Wildman–Crippen MR) is 57.9 cm³/mol. The van der Waals surface area contributed by atoms with Crippen LogP contribution in [0.4, 0.5) is 5.69 Å². The van der Waals surface area contributed by atoms with Crippen molar-refractivity contribution in [3.05, 3.63) is 35.8 Å². The second kappa shape index (κ2) is 3.18. The minimum atomic E-state index is 0.839. The largest absolute Gasteiger partial charge is 0.399 e. The maximum atomic E-state index is 5.82. The number of imidazole rings is 1. The van der Waals surface area contributed by atoms with Crippen molar-refractivity contribution in [3.63, 3.8) is 0 Å². The van der Waals surface area contributed by atoms with E-state index in [2.05, 4.69) is 16.0 Å². The summed E-state index contributed by atoms with van der Waals surface area (Å²) in [6.07, 6.45) is 3.50. The lowest BCUT2D eigenvalue weighted by atomic mass is 10.0. The summed E-state index contributed by atoms with van der Waals surface area (Å²) in [5, 5.41) is 0. The summed E-state index contributed by atoms with van der Waals surface area (Å²) >= 11 is 0. The number of nitrogen functional groups attached to an aromatic ring is 1. The Labute approximate surface area is 83.0 Å². The van der Waals surface area contributed by atoms with Gasteiger partial charge in [-0.05, 0) is 37.1 Å². The van der Waals surface area contributed by atoms with E-state index in [1.165, 1.54) is 0 Å². The first-order valence-corrected chi connectivity index (χ1v) is 4.54. The second-order valence-corrected chi connectivity index (χ2v) is 3.49. The van der Waals surface area contributed by atoms with E-state index >= 15 is 0 Å². The lowest BCUT2D eigenvalue weighted by molar-refractivity contribution is 1.30. The maximum absolute atomic E-state index is 5.82. The van der Waals surface area contributed by atoms with E-state index in [0.717, 1.165) is 28.1 Å². The van der Waals surface area contributed by atoms with E-state index in [1.54, 1.807) is 6.33 Å².